The highest BCUT2D eigenvalue weighted by Gasteiger charge is 2.22. The molecule has 0 aliphatic carbocycles. The molecule has 0 amide bonds. The molecule has 0 saturated carbocycles. The molecular formula is C17H20F2N2. The minimum atomic E-state index is -0.527. The fraction of sp³-hybridized carbons (Fsp3) is 0.353. The fourth-order valence-electron chi connectivity index (χ4n) is 2.37. The lowest BCUT2D eigenvalue weighted by Gasteiger charge is -2.21. The Kier molecular flexibility index (Phi) is 5.02. The molecular weight excluding hydrogens is 270 g/mol. The van der Waals surface area contributed by atoms with E-state index in [9.17, 15) is 8.78 Å². The number of pyridine rings is 1. The Morgan fingerprint density at radius 1 is 1.19 bits per heavy atom. The van der Waals surface area contributed by atoms with Gasteiger partial charge in [0.2, 0.25) is 0 Å². The topological polar surface area (TPSA) is 24.9 Å². The van der Waals surface area contributed by atoms with Gasteiger partial charge in [0.1, 0.15) is 11.6 Å². The monoisotopic (exact) mass is 290 g/mol. The van der Waals surface area contributed by atoms with Gasteiger partial charge in [0.05, 0.1) is 6.04 Å². The van der Waals surface area contributed by atoms with Crippen LogP contribution in [-0.4, -0.2) is 11.5 Å². The first-order valence-corrected chi connectivity index (χ1v) is 7.15. The van der Waals surface area contributed by atoms with Crippen LogP contribution in [0.4, 0.5) is 8.78 Å². The molecule has 1 aromatic carbocycles. The van der Waals surface area contributed by atoms with Crippen LogP contribution in [0.15, 0.2) is 30.5 Å². The van der Waals surface area contributed by atoms with Gasteiger partial charge in [-0.25, -0.2) is 8.78 Å². The second-order valence-electron chi connectivity index (χ2n) is 5.21. The van der Waals surface area contributed by atoms with Crippen LogP contribution in [0.25, 0.3) is 0 Å². The van der Waals surface area contributed by atoms with Crippen LogP contribution in [0.5, 0.6) is 0 Å². The number of nitrogens with zero attached hydrogens (tertiary/aromatic N) is 1. The van der Waals surface area contributed by atoms with Crippen molar-refractivity contribution in [3.05, 3.63) is 64.5 Å². The average Bonchev–Trinajstić information content (AvgIpc) is 2.46. The van der Waals surface area contributed by atoms with E-state index in [-0.39, 0.29) is 5.56 Å². The second-order valence-corrected chi connectivity index (χ2v) is 5.21. The number of halogens is 2. The Bertz CT molecular complexity index is 626. The van der Waals surface area contributed by atoms with E-state index < -0.39 is 17.7 Å². The lowest BCUT2D eigenvalue weighted by atomic mass is 9.96. The van der Waals surface area contributed by atoms with Gasteiger partial charge in [-0.3, -0.25) is 4.98 Å². The van der Waals surface area contributed by atoms with Crippen molar-refractivity contribution >= 4 is 0 Å². The molecule has 1 unspecified atom stereocenters. The summed E-state index contributed by atoms with van der Waals surface area (Å²) in [6, 6.07) is 5.92. The molecule has 2 aromatic rings. The number of nitrogens with one attached hydrogen (secondary N) is 1. The predicted molar refractivity (Wildman–Crippen MR) is 80.2 cm³/mol. The molecule has 21 heavy (non-hydrogen) atoms. The normalized spacial score (nSPS) is 12.4. The van der Waals surface area contributed by atoms with Crippen LogP contribution in [0.3, 0.4) is 0 Å². The van der Waals surface area contributed by atoms with Crippen molar-refractivity contribution in [2.75, 3.05) is 6.54 Å². The molecule has 112 valence electrons. The zero-order valence-corrected chi connectivity index (χ0v) is 12.6. The van der Waals surface area contributed by atoms with Crippen molar-refractivity contribution < 1.29 is 8.78 Å². The maximum absolute atomic E-state index is 14.4. The number of hydrogen-bond acceptors (Lipinski definition) is 2. The number of benzene rings is 1. The van der Waals surface area contributed by atoms with Gasteiger partial charge in [0.15, 0.2) is 0 Å². The minimum absolute atomic E-state index is 0.0778. The van der Waals surface area contributed by atoms with E-state index in [4.69, 9.17) is 0 Å². The molecule has 1 aromatic heterocycles. The van der Waals surface area contributed by atoms with Crippen molar-refractivity contribution in [3.63, 3.8) is 0 Å². The van der Waals surface area contributed by atoms with Gasteiger partial charge >= 0.3 is 0 Å². The maximum Gasteiger partial charge on any atom is 0.134 e. The van der Waals surface area contributed by atoms with Gasteiger partial charge in [-0.2, -0.15) is 0 Å². The van der Waals surface area contributed by atoms with E-state index in [0.717, 1.165) is 17.7 Å². The molecule has 0 fully saturated rings. The van der Waals surface area contributed by atoms with Crippen LogP contribution in [-0.2, 0) is 0 Å². The average molecular weight is 290 g/mol. The van der Waals surface area contributed by atoms with Crippen LogP contribution in [0, 0.1) is 25.5 Å². The van der Waals surface area contributed by atoms with Gasteiger partial charge in [0, 0.05) is 17.5 Å². The maximum atomic E-state index is 14.4. The molecule has 0 radical (unpaired) electrons. The summed E-state index contributed by atoms with van der Waals surface area (Å²) in [5.41, 5.74) is 2.16. The third kappa shape index (κ3) is 3.45. The molecule has 1 N–H and O–H groups in total. The number of hydrogen-bond donors (Lipinski definition) is 1. The van der Waals surface area contributed by atoms with Crippen molar-refractivity contribution in [1.82, 2.24) is 10.3 Å². The summed E-state index contributed by atoms with van der Waals surface area (Å²) in [5, 5.41) is 3.23. The number of aryl methyl sites for hydroxylation is 2. The van der Waals surface area contributed by atoms with Crippen LogP contribution >= 0.6 is 0 Å². The van der Waals surface area contributed by atoms with Crippen molar-refractivity contribution in [1.29, 1.82) is 0 Å². The highest BCUT2D eigenvalue weighted by molar-refractivity contribution is 5.36. The molecule has 2 nitrogen and oxygen atoms in total. The lowest BCUT2D eigenvalue weighted by molar-refractivity contribution is 0.499. The van der Waals surface area contributed by atoms with Crippen LogP contribution in [0.2, 0.25) is 0 Å². The Labute approximate surface area is 124 Å². The Hall–Kier alpha value is -1.81. The zero-order valence-electron chi connectivity index (χ0n) is 12.6. The third-order valence-electron chi connectivity index (χ3n) is 3.46. The van der Waals surface area contributed by atoms with E-state index in [1.165, 1.54) is 12.1 Å². The number of rotatable bonds is 5. The molecule has 4 heteroatoms. The molecule has 1 heterocycles. The van der Waals surface area contributed by atoms with E-state index in [0.29, 0.717) is 12.1 Å². The summed E-state index contributed by atoms with van der Waals surface area (Å²) in [4.78, 5) is 4.14. The van der Waals surface area contributed by atoms with Crippen molar-refractivity contribution in [2.45, 2.75) is 33.2 Å². The summed E-state index contributed by atoms with van der Waals surface area (Å²) >= 11 is 0. The van der Waals surface area contributed by atoms with Gasteiger partial charge in [0.25, 0.3) is 0 Å². The third-order valence-corrected chi connectivity index (χ3v) is 3.46. The van der Waals surface area contributed by atoms with E-state index in [2.05, 4.69) is 10.3 Å². The first-order chi connectivity index (χ1) is 10.0. The largest absolute Gasteiger partial charge is 0.306 e. The lowest BCUT2D eigenvalue weighted by Crippen LogP contribution is -2.25. The Balaban J connectivity index is 2.53. The molecule has 0 aliphatic heterocycles. The standard InChI is InChI=1S/C17H20F2N2/c1-4-8-21-17(13-7-9-20-12(3)10-13)15-14(18)6-5-11(2)16(15)19/h5-7,9-10,17,21H,4,8H2,1-3H3. The minimum Gasteiger partial charge on any atom is -0.306 e. The molecule has 0 bridgehead atoms. The van der Waals surface area contributed by atoms with Gasteiger partial charge < -0.3 is 5.32 Å². The summed E-state index contributed by atoms with van der Waals surface area (Å²) in [7, 11) is 0. The van der Waals surface area contributed by atoms with Crippen LogP contribution in [0.1, 0.15) is 41.8 Å². The summed E-state index contributed by atoms with van der Waals surface area (Å²) in [6.45, 7) is 6.21. The van der Waals surface area contributed by atoms with Crippen molar-refractivity contribution in [3.8, 4) is 0 Å². The smallest absolute Gasteiger partial charge is 0.134 e. The molecule has 2 rings (SSSR count). The SMILES string of the molecule is CCCNC(c1ccnc(C)c1)c1c(F)ccc(C)c1F. The fourth-order valence-corrected chi connectivity index (χ4v) is 2.37. The molecule has 0 spiro atoms. The second kappa shape index (κ2) is 6.76. The summed E-state index contributed by atoms with van der Waals surface area (Å²) in [5.74, 6) is -1.01. The Morgan fingerprint density at radius 2 is 1.95 bits per heavy atom. The number of aromatic nitrogens is 1. The van der Waals surface area contributed by atoms with Crippen LogP contribution < -0.4 is 5.32 Å². The zero-order chi connectivity index (χ0) is 15.4. The molecule has 0 saturated heterocycles. The van der Waals surface area contributed by atoms with Gasteiger partial charge in [-0.15, -0.1) is 0 Å². The summed E-state index contributed by atoms with van der Waals surface area (Å²) in [6.07, 6.45) is 2.55. The van der Waals surface area contributed by atoms with Gasteiger partial charge in [-0.1, -0.05) is 13.0 Å². The van der Waals surface area contributed by atoms with E-state index >= 15 is 0 Å². The predicted octanol–water partition coefficient (Wildman–Crippen LogP) is 4.07. The quantitative estimate of drug-likeness (QED) is 0.898. The summed E-state index contributed by atoms with van der Waals surface area (Å²) < 4.78 is 28.6. The highest BCUT2D eigenvalue weighted by atomic mass is 19.1. The van der Waals surface area contributed by atoms with Crippen molar-refractivity contribution in [2.24, 2.45) is 0 Å². The van der Waals surface area contributed by atoms with Gasteiger partial charge in [-0.05, 0) is 56.1 Å². The first kappa shape index (κ1) is 15.6. The first-order valence-electron chi connectivity index (χ1n) is 7.15. The Morgan fingerprint density at radius 3 is 2.62 bits per heavy atom. The molecule has 0 aliphatic rings. The molecule has 1 atom stereocenters. The highest BCUT2D eigenvalue weighted by Crippen LogP contribution is 2.28. The van der Waals surface area contributed by atoms with E-state index in [1.54, 1.807) is 19.2 Å². The van der Waals surface area contributed by atoms with E-state index in [1.807, 2.05) is 19.9 Å².